The molecular weight excluding hydrogens is 502 g/mol. The van der Waals surface area contributed by atoms with E-state index in [1.165, 1.54) is 12.1 Å². The topological polar surface area (TPSA) is 42.9 Å². The van der Waals surface area contributed by atoms with Crippen LogP contribution < -0.4 is 15.9 Å². The van der Waals surface area contributed by atoms with E-state index in [1.54, 1.807) is 12.3 Å². The predicted octanol–water partition coefficient (Wildman–Crippen LogP) is 7.38. The number of hydrogen-bond donors (Lipinski definition) is 0. The Hall–Kier alpha value is -4.66. The molecule has 0 fully saturated rings. The molecule has 0 N–H and O–H groups in total. The summed E-state index contributed by atoms with van der Waals surface area (Å²) < 4.78 is 28.7. The molecule has 0 aliphatic carbocycles. The monoisotopic (exact) mass is 524 g/mol. The highest BCUT2D eigenvalue weighted by molar-refractivity contribution is 7.85. The standard InChI is InChI=1S/C34H22FN2OP/c35-26-16-13-24-20-25-21-31(30-12-7-19-36-34(30)33(25)37-32(24)22-26)23-14-17-29(18-15-23)39(38,27-8-3-1-4-9-27)28-10-5-2-6-11-28/h1-22H. The van der Waals surface area contributed by atoms with E-state index >= 15 is 0 Å². The zero-order valence-corrected chi connectivity index (χ0v) is 21.7. The molecule has 0 radical (unpaired) electrons. The third kappa shape index (κ3) is 3.93. The first-order chi connectivity index (χ1) is 19.1. The quantitative estimate of drug-likeness (QED) is 0.137. The number of halogens is 1. The van der Waals surface area contributed by atoms with Crippen molar-refractivity contribution in [1.82, 2.24) is 9.97 Å². The van der Waals surface area contributed by atoms with Crippen molar-refractivity contribution < 1.29 is 8.96 Å². The van der Waals surface area contributed by atoms with Gasteiger partial charge in [-0.05, 0) is 41.5 Å². The second-order valence-corrected chi connectivity index (χ2v) is 12.3. The van der Waals surface area contributed by atoms with Crippen molar-refractivity contribution >= 4 is 55.8 Å². The summed E-state index contributed by atoms with van der Waals surface area (Å²) in [4.78, 5) is 9.44. The molecular formula is C34H22FN2OP. The molecule has 2 heterocycles. The van der Waals surface area contributed by atoms with Gasteiger partial charge in [-0.15, -0.1) is 0 Å². The zero-order valence-electron chi connectivity index (χ0n) is 20.8. The third-order valence-corrected chi connectivity index (χ3v) is 10.3. The highest BCUT2D eigenvalue weighted by Gasteiger charge is 2.29. The highest BCUT2D eigenvalue weighted by atomic mass is 31.2. The first-order valence-corrected chi connectivity index (χ1v) is 14.4. The molecule has 0 saturated heterocycles. The van der Waals surface area contributed by atoms with Crippen molar-refractivity contribution in [3.05, 3.63) is 139 Å². The Morgan fingerprint density at radius 2 is 1.26 bits per heavy atom. The predicted molar refractivity (Wildman–Crippen MR) is 159 cm³/mol. The number of hydrogen-bond acceptors (Lipinski definition) is 3. The van der Waals surface area contributed by atoms with E-state index in [0.717, 1.165) is 54.2 Å². The first-order valence-electron chi connectivity index (χ1n) is 12.7. The maximum Gasteiger partial charge on any atom is 0.171 e. The van der Waals surface area contributed by atoms with Gasteiger partial charge in [-0.3, -0.25) is 4.98 Å². The molecule has 186 valence electrons. The average Bonchev–Trinajstić information content (AvgIpc) is 3.00. The minimum Gasteiger partial charge on any atom is -0.309 e. The lowest BCUT2D eigenvalue weighted by Gasteiger charge is -2.20. The summed E-state index contributed by atoms with van der Waals surface area (Å²) in [5, 5.41) is 5.14. The van der Waals surface area contributed by atoms with Crippen molar-refractivity contribution in [2.24, 2.45) is 0 Å². The molecule has 39 heavy (non-hydrogen) atoms. The molecule has 0 aliphatic rings. The average molecular weight is 525 g/mol. The normalized spacial score (nSPS) is 11.8. The van der Waals surface area contributed by atoms with Gasteiger partial charge in [0.25, 0.3) is 0 Å². The smallest absolute Gasteiger partial charge is 0.171 e. The van der Waals surface area contributed by atoms with E-state index in [-0.39, 0.29) is 5.82 Å². The highest BCUT2D eigenvalue weighted by Crippen LogP contribution is 2.43. The molecule has 0 aliphatic heterocycles. The van der Waals surface area contributed by atoms with Crippen molar-refractivity contribution in [3.8, 4) is 11.1 Å². The molecule has 5 heteroatoms. The van der Waals surface area contributed by atoms with Crippen LogP contribution in [0.15, 0.2) is 134 Å². The number of fused-ring (bicyclic) bond motifs is 4. The fourth-order valence-corrected chi connectivity index (χ4v) is 7.96. The lowest BCUT2D eigenvalue weighted by atomic mass is 9.97. The largest absolute Gasteiger partial charge is 0.309 e. The molecule has 7 aromatic rings. The molecule has 0 bridgehead atoms. The van der Waals surface area contributed by atoms with Crippen LogP contribution >= 0.6 is 7.14 Å². The van der Waals surface area contributed by atoms with Gasteiger partial charge in [0.05, 0.1) is 16.6 Å². The van der Waals surface area contributed by atoms with E-state index in [0.29, 0.717) is 5.52 Å². The molecule has 5 aromatic carbocycles. The van der Waals surface area contributed by atoms with Gasteiger partial charge in [-0.1, -0.05) is 91.0 Å². The number of nitrogens with zero attached hydrogens (tertiary/aromatic N) is 2. The van der Waals surface area contributed by atoms with Gasteiger partial charge in [-0.2, -0.15) is 0 Å². The summed E-state index contributed by atoms with van der Waals surface area (Å²) in [5.41, 5.74) is 4.10. The van der Waals surface area contributed by atoms with Crippen LogP contribution in [0.5, 0.6) is 0 Å². The second-order valence-electron chi connectivity index (χ2n) is 9.55. The van der Waals surface area contributed by atoms with E-state index in [9.17, 15) is 8.96 Å². The van der Waals surface area contributed by atoms with Gasteiger partial charge in [0.15, 0.2) is 7.14 Å². The molecule has 0 atom stereocenters. The van der Waals surface area contributed by atoms with Gasteiger partial charge >= 0.3 is 0 Å². The maximum absolute atomic E-state index is 14.8. The van der Waals surface area contributed by atoms with Gasteiger partial charge in [0.2, 0.25) is 0 Å². The molecule has 0 spiro atoms. The summed E-state index contributed by atoms with van der Waals surface area (Å²) >= 11 is 0. The summed E-state index contributed by atoms with van der Waals surface area (Å²) in [6.45, 7) is 0. The van der Waals surface area contributed by atoms with Crippen LogP contribution in [-0.4, -0.2) is 9.97 Å². The van der Waals surface area contributed by atoms with E-state index in [1.807, 2.05) is 103 Å². The zero-order chi connectivity index (χ0) is 26.4. The summed E-state index contributed by atoms with van der Waals surface area (Å²) in [5.74, 6) is -0.313. The summed E-state index contributed by atoms with van der Waals surface area (Å²) in [6.07, 6.45) is 1.75. The van der Waals surface area contributed by atoms with Crippen LogP contribution in [-0.2, 0) is 4.57 Å². The number of aromatic nitrogens is 2. The molecule has 7 rings (SSSR count). The minimum atomic E-state index is -3.06. The Morgan fingerprint density at radius 3 is 1.95 bits per heavy atom. The maximum atomic E-state index is 14.8. The van der Waals surface area contributed by atoms with Crippen LogP contribution in [0.3, 0.4) is 0 Å². The Kier molecular flexibility index (Phi) is 5.57. The van der Waals surface area contributed by atoms with Crippen molar-refractivity contribution in [2.75, 3.05) is 0 Å². The molecule has 0 saturated carbocycles. The van der Waals surface area contributed by atoms with Crippen LogP contribution in [0.2, 0.25) is 0 Å². The van der Waals surface area contributed by atoms with Crippen molar-refractivity contribution in [1.29, 1.82) is 0 Å². The van der Waals surface area contributed by atoms with Gasteiger partial charge in [0.1, 0.15) is 5.82 Å². The fraction of sp³-hybridized carbons (Fsp3) is 0. The Bertz CT molecular complexity index is 2000. The van der Waals surface area contributed by atoms with Crippen molar-refractivity contribution in [3.63, 3.8) is 0 Å². The third-order valence-electron chi connectivity index (χ3n) is 7.21. The van der Waals surface area contributed by atoms with Gasteiger partial charge in [-0.25, -0.2) is 9.37 Å². The fourth-order valence-electron chi connectivity index (χ4n) is 5.31. The number of rotatable bonds is 4. The first kappa shape index (κ1) is 23.5. The minimum absolute atomic E-state index is 0.313. The van der Waals surface area contributed by atoms with Gasteiger partial charge < -0.3 is 4.57 Å². The summed E-state index contributed by atoms with van der Waals surface area (Å²) in [6, 6.07) is 40.1. The Labute approximate surface area is 225 Å². The number of pyridine rings is 2. The lowest BCUT2D eigenvalue weighted by Crippen LogP contribution is -2.24. The number of benzene rings is 5. The Balaban J connectivity index is 1.41. The Morgan fingerprint density at radius 1 is 0.590 bits per heavy atom. The van der Waals surface area contributed by atoms with Crippen LogP contribution in [0.1, 0.15) is 0 Å². The SMILES string of the molecule is O=P(c1ccccc1)(c1ccccc1)c1ccc(-c2cc3cc4ccc(F)cc4nc3c3ncccc23)cc1. The second kappa shape index (κ2) is 9.27. The molecule has 0 amide bonds. The molecule has 2 aromatic heterocycles. The van der Waals surface area contributed by atoms with Gasteiger partial charge in [0, 0.05) is 44.3 Å². The van der Waals surface area contributed by atoms with E-state index in [2.05, 4.69) is 11.1 Å². The summed E-state index contributed by atoms with van der Waals surface area (Å²) in [7, 11) is -3.06. The van der Waals surface area contributed by atoms with Crippen molar-refractivity contribution in [2.45, 2.75) is 0 Å². The lowest BCUT2D eigenvalue weighted by molar-refractivity contribution is 0.592. The van der Waals surface area contributed by atoms with Crippen LogP contribution in [0.25, 0.3) is 43.8 Å². The van der Waals surface area contributed by atoms with E-state index < -0.39 is 7.14 Å². The van der Waals surface area contributed by atoms with E-state index in [4.69, 9.17) is 4.98 Å². The van der Waals surface area contributed by atoms with Crippen LogP contribution in [0.4, 0.5) is 4.39 Å². The molecule has 3 nitrogen and oxygen atoms in total. The molecule has 0 unspecified atom stereocenters. The van der Waals surface area contributed by atoms with Crippen LogP contribution in [0, 0.1) is 5.82 Å².